The number of esters is 1. The highest BCUT2D eigenvalue weighted by Gasteiger charge is 2.65. The predicted molar refractivity (Wildman–Crippen MR) is 112 cm³/mol. The molecule has 7 nitrogen and oxygen atoms in total. The van der Waals surface area contributed by atoms with E-state index in [1.54, 1.807) is 27.7 Å². The van der Waals surface area contributed by atoms with Gasteiger partial charge in [-0.3, -0.25) is 9.59 Å². The lowest BCUT2D eigenvalue weighted by Crippen LogP contribution is -2.61. The van der Waals surface area contributed by atoms with E-state index in [2.05, 4.69) is 0 Å². The van der Waals surface area contributed by atoms with Gasteiger partial charge in [0.25, 0.3) is 0 Å². The molecule has 2 amide bonds. The number of amides is 2. The predicted octanol–water partition coefficient (Wildman–Crippen LogP) is 3.62. The zero-order valence-corrected chi connectivity index (χ0v) is 19.5. The van der Waals surface area contributed by atoms with Crippen molar-refractivity contribution in [2.24, 2.45) is 5.41 Å². The molecule has 1 atom stereocenters. The number of hydrogen-bond donors (Lipinski definition) is 0. The Hall–Kier alpha value is -1.65. The van der Waals surface area contributed by atoms with Crippen LogP contribution < -0.4 is 0 Å². The molecule has 1 saturated heterocycles. The van der Waals surface area contributed by atoms with Gasteiger partial charge < -0.3 is 19.3 Å². The van der Waals surface area contributed by atoms with Crippen molar-refractivity contribution in [3.05, 3.63) is 0 Å². The van der Waals surface area contributed by atoms with Crippen LogP contribution in [-0.2, 0) is 19.1 Å². The summed E-state index contributed by atoms with van der Waals surface area (Å²) in [5.41, 5.74) is -3.19. The maximum Gasteiger partial charge on any atom is 0.410 e. The van der Waals surface area contributed by atoms with Gasteiger partial charge in [-0.05, 0) is 53.4 Å². The molecular formula is C20H33F3N2O5S. The first kappa shape index (κ1) is 27.4. The van der Waals surface area contributed by atoms with E-state index >= 15 is 0 Å². The Bertz CT molecular complexity index is 662. The number of ether oxygens (including phenoxy) is 2. The molecule has 31 heavy (non-hydrogen) atoms. The summed E-state index contributed by atoms with van der Waals surface area (Å²) in [6.45, 7) is 6.59. The Morgan fingerprint density at radius 2 is 1.74 bits per heavy atom. The van der Waals surface area contributed by atoms with E-state index < -0.39 is 47.7 Å². The fourth-order valence-corrected chi connectivity index (χ4v) is 3.84. The van der Waals surface area contributed by atoms with E-state index in [4.69, 9.17) is 9.47 Å². The number of carbonyl (C=O) groups is 3. The topological polar surface area (TPSA) is 76.2 Å². The Labute approximate surface area is 188 Å². The van der Waals surface area contributed by atoms with Gasteiger partial charge in [0.15, 0.2) is 0 Å². The quantitative estimate of drug-likeness (QED) is 0.574. The molecule has 0 unspecified atom stereocenters. The standard InChI is InChI=1S/C20H31F3N2O5.H2S/c1-5-29-15(26)13-25(16(27)19(9-7-10-19)20(21,22)23)14-8-6-11-24(12-14)17(28)30-18(2,3)4;/h14H,5-13H2,1-4H3;1H2/t14-;/m0./s1. The molecule has 1 saturated carbocycles. The van der Waals surface area contributed by atoms with Crippen LogP contribution >= 0.6 is 13.5 Å². The van der Waals surface area contributed by atoms with Crippen molar-refractivity contribution in [3.8, 4) is 0 Å². The SMILES string of the molecule is CCOC(=O)CN(C(=O)C1(C(F)(F)F)CCC1)[C@H]1CCCN(C(=O)OC(C)(C)C)C1.S. The minimum Gasteiger partial charge on any atom is -0.465 e. The lowest BCUT2D eigenvalue weighted by atomic mass is 9.67. The van der Waals surface area contributed by atoms with Gasteiger partial charge in [-0.2, -0.15) is 26.7 Å². The number of halogens is 3. The van der Waals surface area contributed by atoms with Crippen LogP contribution in [0.2, 0.25) is 0 Å². The van der Waals surface area contributed by atoms with Gasteiger partial charge in [-0.1, -0.05) is 6.42 Å². The molecule has 1 aliphatic heterocycles. The third-order valence-electron chi connectivity index (χ3n) is 5.51. The molecule has 0 aromatic rings. The normalized spacial score (nSPS) is 20.7. The molecule has 180 valence electrons. The number of carbonyl (C=O) groups excluding carboxylic acids is 3. The average Bonchev–Trinajstić information content (AvgIpc) is 2.56. The number of likely N-dealkylation sites (tertiary alicyclic amines) is 1. The zero-order valence-electron chi connectivity index (χ0n) is 18.5. The first-order chi connectivity index (χ1) is 13.8. The van der Waals surface area contributed by atoms with Crippen LogP contribution in [0.15, 0.2) is 0 Å². The Morgan fingerprint density at radius 3 is 2.19 bits per heavy atom. The van der Waals surface area contributed by atoms with Crippen LogP contribution in [0, 0.1) is 5.41 Å². The van der Waals surface area contributed by atoms with E-state index in [1.807, 2.05) is 0 Å². The number of rotatable bonds is 5. The van der Waals surface area contributed by atoms with Gasteiger partial charge in [0.2, 0.25) is 5.91 Å². The average molecular weight is 471 g/mol. The molecule has 0 aromatic carbocycles. The first-order valence-electron chi connectivity index (χ1n) is 10.3. The van der Waals surface area contributed by atoms with Crippen LogP contribution in [0.4, 0.5) is 18.0 Å². The molecule has 1 aliphatic carbocycles. The Morgan fingerprint density at radius 1 is 1.13 bits per heavy atom. The monoisotopic (exact) mass is 470 g/mol. The van der Waals surface area contributed by atoms with E-state index in [9.17, 15) is 27.6 Å². The molecule has 2 fully saturated rings. The van der Waals surface area contributed by atoms with Gasteiger partial charge in [-0.25, -0.2) is 4.79 Å². The van der Waals surface area contributed by atoms with Gasteiger partial charge in [-0.15, -0.1) is 0 Å². The Kier molecular flexibility index (Phi) is 9.11. The van der Waals surface area contributed by atoms with Crippen LogP contribution in [0.5, 0.6) is 0 Å². The fraction of sp³-hybridized carbons (Fsp3) is 0.850. The molecule has 1 heterocycles. The highest BCUT2D eigenvalue weighted by molar-refractivity contribution is 7.59. The summed E-state index contributed by atoms with van der Waals surface area (Å²) in [5, 5.41) is 0. The van der Waals surface area contributed by atoms with E-state index in [1.165, 1.54) is 4.90 Å². The lowest BCUT2D eigenvalue weighted by Gasteiger charge is -2.47. The molecule has 11 heteroatoms. The zero-order chi connectivity index (χ0) is 22.7. The number of piperidine rings is 1. The summed E-state index contributed by atoms with van der Waals surface area (Å²) >= 11 is 0. The molecule has 2 rings (SSSR count). The third-order valence-corrected chi connectivity index (χ3v) is 5.51. The minimum atomic E-state index is -4.70. The van der Waals surface area contributed by atoms with Crippen molar-refractivity contribution in [2.45, 2.75) is 77.6 Å². The number of nitrogens with zero attached hydrogens (tertiary/aromatic N) is 2. The van der Waals surface area contributed by atoms with E-state index in [-0.39, 0.29) is 39.5 Å². The second-order valence-corrected chi connectivity index (χ2v) is 8.89. The molecule has 0 N–H and O–H groups in total. The molecule has 0 aromatic heterocycles. The van der Waals surface area contributed by atoms with Crippen molar-refractivity contribution in [3.63, 3.8) is 0 Å². The highest BCUT2D eigenvalue weighted by Crippen LogP contribution is 2.54. The summed E-state index contributed by atoms with van der Waals surface area (Å²) in [7, 11) is 0. The second kappa shape index (κ2) is 10.3. The van der Waals surface area contributed by atoms with Crippen LogP contribution in [0.3, 0.4) is 0 Å². The van der Waals surface area contributed by atoms with E-state index in [0.717, 1.165) is 4.90 Å². The minimum absolute atomic E-state index is 0. The first-order valence-corrected chi connectivity index (χ1v) is 10.3. The smallest absolute Gasteiger partial charge is 0.410 e. The summed E-state index contributed by atoms with van der Waals surface area (Å²) in [5.74, 6) is -1.87. The van der Waals surface area contributed by atoms with Crippen LogP contribution in [0.1, 0.15) is 59.8 Å². The van der Waals surface area contributed by atoms with Gasteiger partial charge in [0.1, 0.15) is 17.6 Å². The van der Waals surface area contributed by atoms with E-state index in [0.29, 0.717) is 25.8 Å². The summed E-state index contributed by atoms with van der Waals surface area (Å²) in [6, 6.07) is -0.719. The number of hydrogen-bond acceptors (Lipinski definition) is 5. The summed E-state index contributed by atoms with van der Waals surface area (Å²) < 4.78 is 51.5. The summed E-state index contributed by atoms with van der Waals surface area (Å²) in [4.78, 5) is 40.0. The van der Waals surface area contributed by atoms with Crippen molar-refractivity contribution >= 4 is 31.5 Å². The Balaban J connectivity index is 0.00000480. The van der Waals surface area contributed by atoms with Gasteiger partial charge in [0, 0.05) is 13.1 Å². The van der Waals surface area contributed by atoms with Crippen molar-refractivity contribution in [2.75, 3.05) is 26.2 Å². The van der Waals surface area contributed by atoms with Crippen LogP contribution in [0.25, 0.3) is 0 Å². The van der Waals surface area contributed by atoms with Gasteiger partial charge >= 0.3 is 18.2 Å². The second-order valence-electron chi connectivity index (χ2n) is 8.89. The van der Waals surface area contributed by atoms with Gasteiger partial charge in [0.05, 0.1) is 12.6 Å². The number of alkyl halides is 3. The van der Waals surface area contributed by atoms with Crippen molar-refractivity contribution < 1.29 is 37.0 Å². The summed E-state index contributed by atoms with van der Waals surface area (Å²) in [6.07, 6.45) is -4.71. The molecule has 0 bridgehead atoms. The maximum absolute atomic E-state index is 13.8. The largest absolute Gasteiger partial charge is 0.465 e. The third kappa shape index (κ3) is 6.43. The van der Waals surface area contributed by atoms with Crippen molar-refractivity contribution in [1.29, 1.82) is 0 Å². The molecular weight excluding hydrogens is 437 g/mol. The molecule has 0 radical (unpaired) electrons. The lowest BCUT2D eigenvalue weighted by molar-refractivity contribution is -0.250. The van der Waals surface area contributed by atoms with Crippen molar-refractivity contribution in [1.82, 2.24) is 9.80 Å². The maximum atomic E-state index is 13.8. The molecule has 2 aliphatic rings. The fourth-order valence-electron chi connectivity index (χ4n) is 3.84. The molecule has 0 spiro atoms. The van der Waals surface area contributed by atoms with Crippen LogP contribution in [-0.4, -0.2) is 71.8 Å². The highest BCUT2D eigenvalue weighted by atomic mass is 32.1.